The maximum absolute atomic E-state index is 4.71. The van der Waals surface area contributed by atoms with Crippen molar-refractivity contribution in [1.29, 1.82) is 0 Å². The van der Waals surface area contributed by atoms with Gasteiger partial charge in [0, 0.05) is 17.8 Å². The second kappa shape index (κ2) is 4.48. The molecule has 0 N–H and O–H groups in total. The van der Waals surface area contributed by atoms with Crippen LogP contribution in [0.3, 0.4) is 0 Å². The molecule has 0 radical (unpaired) electrons. The molecule has 0 fully saturated rings. The summed E-state index contributed by atoms with van der Waals surface area (Å²) in [5.74, 6) is 0. The van der Waals surface area contributed by atoms with Crippen LogP contribution in [0.2, 0.25) is 0 Å². The Kier molecular flexibility index (Phi) is 2.89. The zero-order valence-electron chi connectivity index (χ0n) is 12.5. The Morgan fingerprint density at radius 3 is 2.25 bits per heavy atom. The summed E-state index contributed by atoms with van der Waals surface area (Å²) >= 11 is 0. The third-order valence-corrected chi connectivity index (χ3v) is 3.67. The third-order valence-electron chi connectivity index (χ3n) is 3.67. The van der Waals surface area contributed by atoms with Gasteiger partial charge in [0.05, 0.1) is 11.2 Å². The van der Waals surface area contributed by atoms with Gasteiger partial charge in [-0.25, -0.2) is 0 Å². The van der Waals surface area contributed by atoms with Crippen LogP contribution in [0, 0.1) is 0 Å². The van der Waals surface area contributed by atoms with Gasteiger partial charge in [0.2, 0.25) is 0 Å². The summed E-state index contributed by atoms with van der Waals surface area (Å²) in [6.45, 7) is 6.64. The Morgan fingerprint density at radius 2 is 1.60 bits per heavy atom. The van der Waals surface area contributed by atoms with Gasteiger partial charge >= 0.3 is 0 Å². The first-order valence-electron chi connectivity index (χ1n) is 6.99. The molecule has 1 aromatic heterocycles. The van der Waals surface area contributed by atoms with E-state index in [0.717, 1.165) is 5.69 Å². The molecule has 3 aromatic rings. The van der Waals surface area contributed by atoms with Crippen molar-refractivity contribution in [2.75, 3.05) is 0 Å². The third kappa shape index (κ3) is 2.11. The Bertz CT molecular complexity index is 746. The maximum atomic E-state index is 4.71. The quantitative estimate of drug-likeness (QED) is 0.631. The number of aryl methyl sites for hydroxylation is 1. The maximum Gasteiger partial charge on any atom is 0.0756 e. The van der Waals surface area contributed by atoms with E-state index in [2.05, 4.69) is 63.2 Å². The number of rotatable bonds is 1. The number of hydrogen-bond acceptors (Lipinski definition) is 1. The first kappa shape index (κ1) is 12.9. The highest BCUT2D eigenvalue weighted by Gasteiger charge is 2.21. The fraction of sp³-hybridized carbons (Fsp3) is 0.278. The molecule has 0 bridgehead atoms. The van der Waals surface area contributed by atoms with Crippen LogP contribution in [0.15, 0.2) is 48.5 Å². The van der Waals surface area contributed by atoms with E-state index in [4.69, 9.17) is 5.10 Å². The largest absolute Gasteiger partial charge is 0.268 e. The summed E-state index contributed by atoms with van der Waals surface area (Å²) in [5.41, 5.74) is 4.89. The van der Waals surface area contributed by atoms with Crippen LogP contribution in [0.25, 0.3) is 22.0 Å². The van der Waals surface area contributed by atoms with Gasteiger partial charge in [-0.3, -0.25) is 4.68 Å². The van der Waals surface area contributed by atoms with E-state index in [1.165, 1.54) is 22.0 Å². The second-order valence-corrected chi connectivity index (χ2v) is 6.32. The zero-order chi connectivity index (χ0) is 14.3. The molecule has 0 aliphatic heterocycles. The number of fused-ring (bicyclic) bond motifs is 1. The van der Waals surface area contributed by atoms with Gasteiger partial charge in [-0.1, -0.05) is 57.2 Å². The van der Waals surface area contributed by atoms with Gasteiger partial charge in [-0.05, 0) is 23.3 Å². The summed E-state index contributed by atoms with van der Waals surface area (Å²) in [5, 5.41) is 5.96. The molecule has 0 unspecified atom stereocenters. The molecular formula is C18H20N2. The van der Waals surface area contributed by atoms with E-state index in [0.29, 0.717) is 0 Å². The van der Waals surface area contributed by atoms with Crippen molar-refractivity contribution in [3.8, 4) is 11.1 Å². The first-order chi connectivity index (χ1) is 9.47. The number of aromatic nitrogens is 2. The molecular weight excluding hydrogens is 244 g/mol. The molecule has 3 rings (SSSR count). The van der Waals surface area contributed by atoms with E-state index in [1.807, 2.05) is 17.8 Å². The fourth-order valence-corrected chi connectivity index (χ4v) is 2.63. The van der Waals surface area contributed by atoms with Crippen LogP contribution < -0.4 is 0 Å². The molecule has 2 heteroatoms. The van der Waals surface area contributed by atoms with Crippen molar-refractivity contribution in [3.63, 3.8) is 0 Å². The van der Waals surface area contributed by atoms with Gasteiger partial charge in [0.1, 0.15) is 0 Å². The molecule has 102 valence electrons. The molecule has 0 amide bonds. The van der Waals surface area contributed by atoms with Crippen molar-refractivity contribution >= 4 is 10.9 Å². The van der Waals surface area contributed by atoms with Gasteiger partial charge < -0.3 is 0 Å². The lowest BCUT2D eigenvalue weighted by molar-refractivity contribution is 0.558. The lowest BCUT2D eigenvalue weighted by atomic mass is 9.89. The van der Waals surface area contributed by atoms with Crippen molar-refractivity contribution in [2.24, 2.45) is 7.05 Å². The summed E-state index contributed by atoms with van der Waals surface area (Å²) < 4.78 is 1.98. The van der Waals surface area contributed by atoms with Crippen molar-refractivity contribution in [2.45, 2.75) is 26.2 Å². The predicted molar refractivity (Wildman–Crippen MR) is 84.9 cm³/mol. The highest BCUT2D eigenvalue weighted by Crippen LogP contribution is 2.32. The number of hydrogen-bond donors (Lipinski definition) is 0. The topological polar surface area (TPSA) is 17.8 Å². The lowest BCUT2D eigenvalue weighted by Crippen LogP contribution is -2.12. The summed E-state index contributed by atoms with van der Waals surface area (Å²) in [6, 6.07) is 17.1. The van der Waals surface area contributed by atoms with Gasteiger partial charge in [0.25, 0.3) is 0 Å². The molecule has 0 saturated carbocycles. The normalized spacial score (nSPS) is 12.0. The van der Waals surface area contributed by atoms with Crippen LogP contribution in [0.5, 0.6) is 0 Å². The smallest absolute Gasteiger partial charge is 0.0756 e. The van der Waals surface area contributed by atoms with Crippen LogP contribution >= 0.6 is 0 Å². The monoisotopic (exact) mass is 264 g/mol. The van der Waals surface area contributed by atoms with Crippen LogP contribution in [-0.4, -0.2) is 9.78 Å². The minimum Gasteiger partial charge on any atom is -0.268 e. The second-order valence-electron chi connectivity index (χ2n) is 6.32. The van der Waals surface area contributed by atoms with E-state index >= 15 is 0 Å². The van der Waals surface area contributed by atoms with E-state index in [9.17, 15) is 0 Å². The minimum atomic E-state index is 0.0504. The molecule has 0 atom stereocenters. The molecule has 0 saturated heterocycles. The average molecular weight is 264 g/mol. The number of nitrogens with zero attached hydrogens (tertiary/aromatic N) is 2. The molecule has 1 heterocycles. The first-order valence-corrected chi connectivity index (χ1v) is 6.99. The van der Waals surface area contributed by atoms with Crippen LogP contribution in [0.4, 0.5) is 0 Å². The number of benzene rings is 2. The van der Waals surface area contributed by atoms with E-state index < -0.39 is 0 Å². The summed E-state index contributed by atoms with van der Waals surface area (Å²) in [4.78, 5) is 0. The predicted octanol–water partition coefficient (Wildman–Crippen LogP) is 4.54. The highest BCUT2D eigenvalue weighted by molar-refractivity contribution is 5.87. The molecule has 2 nitrogen and oxygen atoms in total. The fourth-order valence-electron chi connectivity index (χ4n) is 2.63. The van der Waals surface area contributed by atoms with Crippen molar-refractivity contribution < 1.29 is 0 Å². The Morgan fingerprint density at radius 1 is 0.900 bits per heavy atom. The molecule has 0 spiro atoms. The van der Waals surface area contributed by atoms with Crippen molar-refractivity contribution in [1.82, 2.24) is 9.78 Å². The SMILES string of the molecule is Cn1nc(C(C)(C)C)c2cc(-c3ccccc3)ccc21. The van der Waals surface area contributed by atoms with E-state index in [1.54, 1.807) is 0 Å². The van der Waals surface area contributed by atoms with E-state index in [-0.39, 0.29) is 5.41 Å². The summed E-state index contributed by atoms with van der Waals surface area (Å²) in [6.07, 6.45) is 0. The average Bonchev–Trinajstić information content (AvgIpc) is 2.77. The Balaban J connectivity index is 2.25. The standard InChI is InChI=1S/C18H20N2/c1-18(2,3)17-15-12-14(13-8-6-5-7-9-13)10-11-16(15)20(4)19-17/h5-12H,1-4H3. The van der Waals surface area contributed by atoms with Gasteiger partial charge in [-0.15, -0.1) is 0 Å². The van der Waals surface area contributed by atoms with Crippen LogP contribution in [0.1, 0.15) is 26.5 Å². The van der Waals surface area contributed by atoms with Gasteiger partial charge in [0.15, 0.2) is 0 Å². The zero-order valence-corrected chi connectivity index (χ0v) is 12.5. The summed E-state index contributed by atoms with van der Waals surface area (Å²) in [7, 11) is 2.01. The van der Waals surface area contributed by atoms with Crippen LogP contribution in [-0.2, 0) is 12.5 Å². The molecule has 0 aliphatic carbocycles. The van der Waals surface area contributed by atoms with Gasteiger partial charge in [-0.2, -0.15) is 5.10 Å². The lowest BCUT2D eigenvalue weighted by Gasteiger charge is -2.15. The Hall–Kier alpha value is -2.09. The molecule has 20 heavy (non-hydrogen) atoms. The highest BCUT2D eigenvalue weighted by atomic mass is 15.3. The Labute approximate surface area is 120 Å². The minimum absolute atomic E-state index is 0.0504. The molecule has 0 aliphatic rings. The van der Waals surface area contributed by atoms with Crippen molar-refractivity contribution in [3.05, 3.63) is 54.2 Å². The molecule has 2 aromatic carbocycles.